The minimum absolute atomic E-state index is 0.588. The maximum atomic E-state index is 4.05. The van der Waals surface area contributed by atoms with Crippen molar-refractivity contribution in [2.75, 3.05) is 13.1 Å². The molecule has 0 amide bonds. The second-order valence-electron chi connectivity index (χ2n) is 6.81. The van der Waals surface area contributed by atoms with E-state index in [2.05, 4.69) is 73.5 Å². The van der Waals surface area contributed by atoms with Crippen LogP contribution in [-0.4, -0.2) is 17.6 Å². The number of hydrogen-bond donors (Lipinski definition) is 0. The summed E-state index contributed by atoms with van der Waals surface area (Å²) in [5, 5.41) is 0. The molecule has 0 N–H and O–H groups in total. The van der Waals surface area contributed by atoms with Crippen molar-refractivity contribution in [2.24, 2.45) is 0 Å². The Morgan fingerprint density at radius 3 is 2.61 bits per heavy atom. The number of quaternary nitrogens is 1. The van der Waals surface area contributed by atoms with Crippen LogP contribution in [0, 0.1) is 0 Å². The minimum atomic E-state index is 0.588. The number of rotatable bonds is 3. The van der Waals surface area contributed by atoms with E-state index in [0.717, 1.165) is 11.0 Å². The predicted molar refractivity (Wildman–Crippen MR) is 96.7 cm³/mol. The van der Waals surface area contributed by atoms with Crippen LogP contribution < -0.4 is 0 Å². The van der Waals surface area contributed by atoms with Gasteiger partial charge in [0.25, 0.3) is 0 Å². The third-order valence-corrected chi connectivity index (χ3v) is 5.47. The first-order chi connectivity index (χ1) is 11.3. The molecule has 0 saturated carbocycles. The van der Waals surface area contributed by atoms with Gasteiger partial charge in [-0.1, -0.05) is 61.2 Å². The van der Waals surface area contributed by atoms with Gasteiger partial charge in [0, 0.05) is 17.6 Å². The summed E-state index contributed by atoms with van der Waals surface area (Å²) in [7, 11) is 0. The average molecular weight is 302 g/mol. The van der Waals surface area contributed by atoms with Gasteiger partial charge in [-0.05, 0) is 30.0 Å². The summed E-state index contributed by atoms with van der Waals surface area (Å²) >= 11 is 0. The first-order valence-electron chi connectivity index (χ1n) is 8.69. The Morgan fingerprint density at radius 1 is 1.00 bits per heavy atom. The molecule has 2 aliphatic heterocycles. The molecule has 1 nitrogen and oxygen atoms in total. The van der Waals surface area contributed by atoms with Crippen LogP contribution >= 0.6 is 0 Å². The van der Waals surface area contributed by atoms with Gasteiger partial charge >= 0.3 is 0 Å². The third kappa shape index (κ3) is 2.36. The van der Waals surface area contributed by atoms with E-state index >= 15 is 0 Å². The van der Waals surface area contributed by atoms with Crippen molar-refractivity contribution >= 4 is 5.57 Å². The van der Waals surface area contributed by atoms with Gasteiger partial charge < -0.3 is 0 Å². The normalized spacial score (nSPS) is 25.9. The number of piperidine rings is 1. The highest BCUT2D eigenvalue weighted by Crippen LogP contribution is 2.47. The van der Waals surface area contributed by atoms with E-state index in [-0.39, 0.29) is 0 Å². The Bertz CT molecular complexity index is 744. The van der Waals surface area contributed by atoms with Crippen molar-refractivity contribution in [3.63, 3.8) is 0 Å². The number of hydrogen-bond acceptors (Lipinski definition) is 0. The molecule has 1 saturated heterocycles. The lowest BCUT2D eigenvalue weighted by Crippen LogP contribution is -2.51. The third-order valence-electron chi connectivity index (χ3n) is 5.47. The van der Waals surface area contributed by atoms with Gasteiger partial charge in [0.2, 0.25) is 0 Å². The van der Waals surface area contributed by atoms with E-state index in [1.165, 1.54) is 48.1 Å². The summed E-state index contributed by atoms with van der Waals surface area (Å²) in [4.78, 5) is 0. The molecule has 0 radical (unpaired) electrons. The highest BCUT2D eigenvalue weighted by Gasteiger charge is 2.43. The van der Waals surface area contributed by atoms with E-state index < -0.39 is 0 Å². The van der Waals surface area contributed by atoms with Gasteiger partial charge in [-0.3, -0.25) is 4.48 Å². The first-order valence-corrected chi connectivity index (χ1v) is 8.69. The second-order valence-corrected chi connectivity index (χ2v) is 6.81. The Balaban J connectivity index is 1.94. The van der Waals surface area contributed by atoms with Crippen LogP contribution in [0.1, 0.15) is 42.0 Å². The van der Waals surface area contributed by atoms with Crippen molar-refractivity contribution < 1.29 is 4.48 Å². The first kappa shape index (κ1) is 14.5. The maximum absolute atomic E-state index is 4.05. The van der Waals surface area contributed by atoms with Crippen molar-refractivity contribution in [1.29, 1.82) is 0 Å². The summed E-state index contributed by atoms with van der Waals surface area (Å²) in [5.74, 6) is 0. The predicted octanol–water partition coefficient (Wildman–Crippen LogP) is 5.32. The van der Waals surface area contributed by atoms with Crippen LogP contribution in [0.2, 0.25) is 0 Å². The zero-order valence-corrected chi connectivity index (χ0v) is 13.6. The molecule has 2 aliphatic rings. The molecule has 2 aromatic carbocycles. The van der Waals surface area contributed by atoms with Crippen molar-refractivity contribution in [1.82, 2.24) is 0 Å². The summed E-state index contributed by atoms with van der Waals surface area (Å²) in [5.41, 5.74) is 5.66. The minimum Gasteiger partial charge on any atom is -0.287 e. The zero-order chi connectivity index (χ0) is 15.7. The summed E-state index contributed by atoms with van der Waals surface area (Å²) in [6.45, 7) is 6.30. The van der Waals surface area contributed by atoms with E-state index in [4.69, 9.17) is 0 Å². The smallest absolute Gasteiger partial charge is 0.120 e. The molecule has 2 aromatic rings. The van der Waals surface area contributed by atoms with E-state index in [1.54, 1.807) is 0 Å². The van der Waals surface area contributed by atoms with E-state index in [0.29, 0.717) is 6.04 Å². The number of nitrogens with zero attached hydrogens (tertiary/aromatic N) is 1. The summed E-state index contributed by atoms with van der Waals surface area (Å²) < 4.78 is 1.05. The van der Waals surface area contributed by atoms with Gasteiger partial charge in [-0.25, -0.2) is 0 Å². The molecule has 0 aliphatic carbocycles. The zero-order valence-electron chi connectivity index (χ0n) is 13.6. The van der Waals surface area contributed by atoms with Crippen LogP contribution in [0.3, 0.4) is 0 Å². The van der Waals surface area contributed by atoms with Crippen LogP contribution in [0.4, 0.5) is 0 Å². The Labute approximate surface area is 139 Å². The molecular formula is C22H24N+. The average Bonchev–Trinajstić information content (AvgIpc) is 2.62. The van der Waals surface area contributed by atoms with E-state index in [1.807, 2.05) is 0 Å². The maximum Gasteiger partial charge on any atom is 0.120 e. The Morgan fingerprint density at radius 2 is 1.78 bits per heavy atom. The molecule has 0 unspecified atom stereocenters. The molecule has 4 rings (SSSR count). The standard InChI is InChI=1S/C22H24N/c1-2-15-23-16-9-8-14-22(23)20-13-7-6-12-19(20)21(17-23)18-10-4-3-5-11-18/h2-7,10-13,17,22H,1,8-9,14-16H2/q+1/t22-,23+/m0/s1. The lowest BCUT2D eigenvalue weighted by Gasteiger charge is -2.48. The fourth-order valence-corrected chi connectivity index (χ4v) is 4.46. The lowest BCUT2D eigenvalue weighted by molar-refractivity contribution is -0.910. The molecule has 116 valence electrons. The topological polar surface area (TPSA) is 0 Å². The van der Waals surface area contributed by atoms with Crippen LogP contribution in [0.25, 0.3) is 5.57 Å². The van der Waals surface area contributed by atoms with Gasteiger partial charge in [0.1, 0.15) is 18.8 Å². The summed E-state index contributed by atoms with van der Waals surface area (Å²) in [6.07, 6.45) is 8.56. The van der Waals surface area contributed by atoms with Gasteiger partial charge in [-0.2, -0.15) is 0 Å². The van der Waals surface area contributed by atoms with Crippen LogP contribution in [-0.2, 0) is 0 Å². The molecule has 2 atom stereocenters. The molecular weight excluding hydrogens is 278 g/mol. The highest BCUT2D eigenvalue weighted by atomic mass is 15.4. The SMILES string of the molecule is C=CC[N@@+]12C=C(c3ccccc3)c3ccccc3[C@@H]1CCCC2. The monoisotopic (exact) mass is 302 g/mol. The van der Waals surface area contributed by atoms with Gasteiger partial charge in [0.15, 0.2) is 0 Å². The van der Waals surface area contributed by atoms with E-state index in [9.17, 15) is 0 Å². The van der Waals surface area contributed by atoms with Crippen LogP contribution in [0.5, 0.6) is 0 Å². The number of benzene rings is 2. The van der Waals surface area contributed by atoms with Crippen molar-refractivity contribution in [2.45, 2.75) is 25.3 Å². The van der Waals surface area contributed by atoms with Gasteiger partial charge in [0.05, 0.1) is 6.54 Å². The quantitative estimate of drug-likeness (QED) is 0.532. The number of fused-ring (bicyclic) bond motifs is 3. The van der Waals surface area contributed by atoms with Crippen LogP contribution in [0.15, 0.2) is 73.5 Å². The highest BCUT2D eigenvalue weighted by molar-refractivity contribution is 5.81. The lowest BCUT2D eigenvalue weighted by atomic mass is 9.82. The second kappa shape index (κ2) is 5.82. The fraction of sp³-hybridized carbons (Fsp3) is 0.273. The largest absolute Gasteiger partial charge is 0.287 e. The van der Waals surface area contributed by atoms with Crippen molar-refractivity contribution in [3.05, 3.63) is 90.1 Å². The Kier molecular flexibility index (Phi) is 3.66. The Hall–Kier alpha value is -2.12. The molecule has 1 heteroatoms. The molecule has 2 heterocycles. The summed E-state index contributed by atoms with van der Waals surface area (Å²) in [6, 6.07) is 20.4. The van der Waals surface area contributed by atoms with Crippen molar-refractivity contribution in [3.8, 4) is 0 Å². The van der Waals surface area contributed by atoms with Gasteiger partial charge in [-0.15, -0.1) is 0 Å². The molecule has 23 heavy (non-hydrogen) atoms. The molecule has 1 fully saturated rings. The molecule has 0 bridgehead atoms. The molecule has 0 aromatic heterocycles. The fourth-order valence-electron chi connectivity index (χ4n) is 4.46. The molecule has 0 spiro atoms.